The van der Waals surface area contributed by atoms with Crippen molar-refractivity contribution in [3.63, 3.8) is 0 Å². The molecule has 3 heterocycles. The van der Waals surface area contributed by atoms with Gasteiger partial charge in [-0.3, -0.25) is 14.0 Å². The highest BCUT2D eigenvalue weighted by atomic mass is 16.2. The van der Waals surface area contributed by atoms with Crippen LogP contribution in [0.1, 0.15) is 38.3 Å². The average molecular weight is 390 g/mol. The van der Waals surface area contributed by atoms with E-state index in [9.17, 15) is 9.59 Å². The molecule has 1 aromatic carbocycles. The predicted molar refractivity (Wildman–Crippen MR) is 115 cm³/mol. The van der Waals surface area contributed by atoms with Crippen molar-refractivity contribution in [1.29, 1.82) is 0 Å². The molecule has 1 atom stereocenters. The number of amides is 1. The van der Waals surface area contributed by atoms with Crippen LogP contribution in [0.5, 0.6) is 0 Å². The van der Waals surface area contributed by atoms with Crippen molar-refractivity contribution in [3.8, 4) is 11.1 Å². The summed E-state index contributed by atoms with van der Waals surface area (Å²) in [5, 5.41) is 6.16. The Balaban J connectivity index is 1.67. The van der Waals surface area contributed by atoms with Gasteiger partial charge in [0.15, 0.2) is 0 Å². The summed E-state index contributed by atoms with van der Waals surface area (Å²) in [5.74, 6) is -0.00803. The Kier molecular flexibility index (Phi) is 5.71. The van der Waals surface area contributed by atoms with E-state index in [-0.39, 0.29) is 17.5 Å². The number of pyridine rings is 1. The number of rotatable bonds is 6. The molecule has 0 aliphatic carbocycles. The molecule has 4 rings (SSSR count). The number of unbranched alkanes of at least 4 members (excludes halogenated alkanes) is 1. The standard InChI is InChI=1S/C23H26N4O2/c1-2-3-7-18-21(23(29)27-15-5-4-9-20(27)26-18)16-10-12-17(13-11-16)25-22(28)19-8-6-14-24-19/h4-5,9-13,15,19,24H,2-3,6-8,14H2,1H3,(H,25,28). The van der Waals surface area contributed by atoms with Crippen molar-refractivity contribution >= 4 is 17.2 Å². The molecule has 150 valence electrons. The molecule has 3 aromatic rings. The van der Waals surface area contributed by atoms with Crippen LogP contribution in [0.3, 0.4) is 0 Å². The van der Waals surface area contributed by atoms with Gasteiger partial charge in [0.25, 0.3) is 5.56 Å². The van der Waals surface area contributed by atoms with Gasteiger partial charge >= 0.3 is 0 Å². The van der Waals surface area contributed by atoms with Gasteiger partial charge in [-0.15, -0.1) is 0 Å². The molecule has 0 spiro atoms. The van der Waals surface area contributed by atoms with Gasteiger partial charge in [0.05, 0.1) is 17.3 Å². The number of nitrogens with one attached hydrogen (secondary N) is 2. The third-order valence-corrected chi connectivity index (χ3v) is 5.39. The lowest BCUT2D eigenvalue weighted by molar-refractivity contribution is -0.117. The molecule has 29 heavy (non-hydrogen) atoms. The third kappa shape index (κ3) is 4.07. The summed E-state index contributed by atoms with van der Waals surface area (Å²) in [6, 6.07) is 12.9. The van der Waals surface area contributed by atoms with Crippen LogP contribution in [0.25, 0.3) is 16.8 Å². The highest BCUT2D eigenvalue weighted by Crippen LogP contribution is 2.23. The summed E-state index contributed by atoms with van der Waals surface area (Å²) in [7, 11) is 0. The Bertz CT molecular complexity index is 1070. The number of carbonyl (C=O) groups excluding carboxylic acids is 1. The first-order chi connectivity index (χ1) is 14.2. The van der Waals surface area contributed by atoms with E-state index < -0.39 is 0 Å². The number of carbonyl (C=O) groups is 1. The molecule has 1 fully saturated rings. The van der Waals surface area contributed by atoms with Gasteiger partial charge in [-0.1, -0.05) is 31.5 Å². The fraction of sp³-hybridized carbons (Fsp3) is 0.348. The van der Waals surface area contributed by atoms with Crippen LogP contribution in [-0.4, -0.2) is 27.9 Å². The predicted octanol–water partition coefficient (Wildman–Crippen LogP) is 3.39. The third-order valence-electron chi connectivity index (χ3n) is 5.39. The van der Waals surface area contributed by atoms with Crippen LogP contribution in [-0.2, 0) is 11.2 Å². The van der Waals surface area contributed by atoms with Crippen molar-refractivity contribution in [3.05, 3.63) is 64.7 Å². The zero-order chi connectivity index (χ0) is 20.2. The zero-order valence-corrected chi connectivity index (χ0v) is 16.6. The molecule has 1 unspecified atom stereocenters. The Morgan fingerprint density at radius 1 is 1.24 bits per heavy atom. The van der Waals surface area contributed by atoms with Crippen molar-refractivity contribution in [2.45, 2.75) is 45.1 Å². The molecule has 1 aliphatic heterocycles. The summed E-state index contributed by atoms with van der Waals surface area (Å²) in [5.41, 5.74) is 3.63. The van der Waals surface area contributed by atoms with Gasteiger partial charge < -0.3 is 10.6 Å². The van der Waals surface area contributed by atoms with Gasteiger partial charge in [-0.2, -0.15) is 0 Å². The van der Waals surface area contributed by atoms with Crippen LogP contribution >= 0.6 is 0 Å². The molecule has 1 amide bonds. The first kappa shape index (κ1) is 19.3. The number of aryl methyl sites for hydroxylation is 1. The molecule has 1 aliphatic rings. The van der Waals surface area contributed by atoms with Gasteiger partial charge in [-0.05, 0) is 62.1 Å². The van der Waals surface area contributed by atoms with Crippen LogP contribution in [0, 0.1) is 0 Å². The van der Waals surface area contributed by atoms with Gasteiger partial charge in [0.2, 0.25) is 5.91 Å². The van der Waals surface area contributed by atoms with Crippen molar-refractivity contribution in [2.24, 2.45) is 0 Å². The quantitative estimate of drug-likeness (QED) is 0.676. The van der Waals surface area contributed by atoms with E-state index in [1.165, 1.54) is 0 Å². The molecule has 1 saturated heterocycles. The maximum Gasteiger partial charge on any atom is 0.265 e. The van der Waals surface area contributed by atoms with Gasteiger partial charge in [0, 0.05) is 11.9 Å². The average Bonchev–Trinajstić information content (AvgIpc) is 3.28. The van der Waals surface area contributed by atoms with E-state index in [0.717, 1.165) is 55.6 Å². The summed E-state index contributed by atoms with van der Waals surface area (Å²) in [6.45, 7) is 3.01. The SMILES string of the molecule is CCCCc1nc2ccccn2c(=O)c1-c1ccc(NC(=O)C2CCCN2)cc1. The van der Waals surface area contributed by atoms with E-state index in [0.29, 0.717) is 11.2 Å². The number of aromatic nitrogens is 2. The van der Waals surface area contributed by atoms with Crippen LogP contribution in [0.15, 0.2) is 53.5 Å². The second-order valence-electron chi connectivity index (χ2n) is 7.49. The van der Waals surface area contributed by atoms with Crippen LogP contribution in [0.2, 0.25) is 0 Å². The molecular formula is C23H26N4O2. The first-order valence-electron chi connectivity index (χ1n) is 10.3. The molecule has 6 nitrogen and oxygen atoms in total. The van der Waals surface area contributed by atoms with Crippen molar-refractivity contribution in [2.75, 3.05) is 11.9 Å². The summed E-state index contributed by atoms with van der Waals surface area (Å²) < 4.78 is 1.59. The maximum absolute atomic E-state index is 13.2. The normalized spacial score (nSPS) is 16.2. The van der Waals surface area contributed by atoms with Crippen LogP contribution in [0.4, 0.5) is 5.69 Å². The van der Waals surface area contributed by atoms with Gasteiger partial charge in [-0.25, -0.2) is 4.98 Å². The van der Waals surface area contributed by atoms with E-state index in [1.807, 2.05) is 42.5 Å². The zero-order valence-electron chi connectivity index (χ0n) is 16.6. The van der Waals surface area contributed by atoms with E-state index in [2.05, 4.69) is 17.6 Å². The second kappa shape index (κ2) is 8.57. The maximum atomic E-state index is 13.2. The smallest absolute Gasteiger partial charge is 0.265 e. The Hall–Kier alpha value is -2.99. The fourth-order valence-corrected chi connectivity index (χ4v) is 3.81. The minimum atomic E-state index is -0.121. The molecule has 2 aromatic heterocycles. The minimum Gasteiger partial charge on any atom is -0.325 e. The minimum absolute atomic E-state index is 0.00803. The van der Waals surface area contributed by atoms with Crippen molar-refractivity contribution in [1.82, 2.24) is 14.7 Å². The molecule has 0 radical (unpaired) electrons. The lowest BCUT2D eigenvalue weighted by Crippen LogP contribution is -2.35. The largest absolute Gasteiger partial charge is 0.325 e. The number of anilines is 1. The number of hydrogen-bond donors (Lipinski definition) is 2. The Morgan fingerprint density at radius 2 is 2.07 bits per heavy atom. The number of fused-ring (bicyclic) bond motifs is 1. The first-order valence-corrected chi connectivity index (χ1v) is 10.3. The summed E-state index contributed by atoms with van der Waals surface area (Å²) in [4.78, 5) is 30.3. The van der Waals surface area contributed by atoms with Crippen LogP contribution < -0.4 is 16.2 Å². The fourth-order valence-electron chi connectivity index (χ4n) is 3.81. The molecule has 6 heteroatoms. The molecular weight excluding hydrogens is 364 g/mol. The number of nitrogens with zero attached hydrogens (tertiary/aromatic N) is 2. The highest BCUT2D eigenvalue weighted by molar-refractivity contribution is 5.95. The highest BCUT2D eigenvalue weighted by Gasteiger charge is 2.22. The van der Waals surface area contributed by atoms with E-state index in [4.69, 9.17) is 4.98 Å². The monoisotopic (exact) mass is 390 g/mol. The lowest BCUT2D eigenvalue weighted by Gasteiger charge is -2.13. The summed E-state index contributed by atoms with van der Waals surface area (Å²) >= 11 is 0. The topological polar surface area (TPSA) is 75.5 Å². The lowest BCUT2D eigenvalue weighted by atomic mass is 10.0. The number of hydrogen-bond acceptors (Lipinski definition) is 4. The van der Waals surface area contributed by atoms with E-state index in [1.54, 1.807) is 10.6 Å². The molecule has 2 N–H and O–H groups in total. The van der Waals surface area contributed by atoms with Crippen molar-refractivity contribution < 1.29 is 4.79 Å². The number of benzene rings is 1. The van der Waals surface area contributed by atoms with Gasteiger partial charge in [0.1, 0.15) is 5.65 Å². The van der Waals surface area contributed by atoms with E-state index >= 15 is 0 Å². The molecule has 0 bridgehead atoms. The molecule has 0 saturated carbocycles. The Morgan fingerprint density at radius 3 is 2.79 bits per heavy atom. The Labute approximate surface area is 170 Å². The summed E-state index contributed by atoms with van der Waals surface area (Å²) in [6.07, 6.45) is 6.42. The second-order valence-corrected chi connectivity index (χ2v) is 7.49.